The Labute approximate surface area is 285 Å². The van der Waals surface area contributed by atoms with Crippen LogP contribution in [0.5, 0.6) is 0 Å². The average molecular weight is 708 g/mol. The van der Waals surface area contributed by atoms with E-state index in [1.165, 1.54) is 39.8 Å². The molecule has 2 aromatic heterocycles. The van der Waals surface area contributed by atoms with E-state index < -0.39 is 29.6 Å². The number of fused-ring (bicyclic) bond motifs is 1. The Bertz CT molecular complexity index is 1470. The van der Waals surface area contributed by atoms with Crippen LogP contribution in [-0.2, 0) is 41.6 Å². The molecule has 18 heteroatoms. The van der Waals surface area contributed by atoms with Crippen molar-refractivity contribution in [1.82, 2.24) is 40.3 Å². The minimum absolute atomic E-state index is 0.0188. The van der Waals surface area contributed by atoms with Crippen LogP contribution < -0.4 is 11.1 Å². The van der Waals surface area contributed by atoms with Gasteiger partial charge in [0, 0.05) is 29.9 Å². The summed E-state index contributed by atoms with van der Waals surface area (Å²) in [5.74, 6) is -1.38. The van der Waals surface area contributed by atoms with E-state index >= 15 is 0 Å². The van der Waals surface area contributed by atoms with Gasteiger partial charge in [-0.3, -0.25) is 19.3 Å². The van der Waals surface area contributed by atoms with Gasteiger partial charge in [0.15, 0.2) is 5.13 Å². The molecule has 2 aliphatic heterocycles. The number of nitrogen functional groups attached to an aromatic ring is 1. The summed E-state index contributed by atoms with van der Waals surface area (Å²) in [7, 11) is 3.92. The number of nitrogens with two attached hydrogens (primary N) is 1. The maximum absolute atomic E-state index is 13.9. The second-order valence-corrected chi connectivity index (χ2v) is 14.9. The van der Waals surface area contributed by atoms with Crippen molar-refractivity contribution in [2.75, 3.05) is 37.9 Å². The highest BCUT2D eigenvalue weighted by Crippen LogP contribution is 2.42. The van der Waals surface area contributed by atoms with Gasteiger partial charge in [-0.1, -0.05) is 37.9 Å². The Morgan fingerprint density at radius 2 is 2.00 bits per heavy atom. The first-order valence-corrected chi connectivity index (χ1v) is 18.7. The van der Waals surface area contributed by atoms with Crippen molar-refractivity contribution < 1.29 is 28.7 Å². The van der Waals surface area contributed by atoms with Gasteiger partial charge in [-0.05, 0) is 49.4 Å². The largest absolute Gasteiger partial charge is 0.425 e. The number of β-lactam (4-membered cyclic amide) rings is 1. The number of hydrogen-bond acceptors (Lipinski definition) is 15. The van der Waals surface area contributed by atoms with Crippen molar-refractivity contribution >= 4 is 63.7 Å². The zero-order valence-electron chi connectivity index (χ0n) is 26.8. The molecule has 0 radical (unpaired) electrons. The summed E-state index contributed by atoms with van der Waals surface area (Å²) >= 11 is 4.04. The lowest BCUT2D eigenvalue weighted by Gasteiger charge is -2.49. The quantitative estimate of drug-likeness (QED) is 0.118. The van der Waals surface area contributed by atoms with Gasteiger partial charge in [-0.2, -0.15) is 0 Å². The first-order chi connectivity index (χ1) is 22.6. The van der Waals surface area contributed by atoms with Gasteiger partial charge in [-0.15, -0.1) is 28.2 Å². The van der Waals surface area contributed by atoms with E-state index in [1.807, 2.05) is 25.9 Å². The number of carbonyl (C=O) groups excluding carboxylic acids is 4. The van der Waals surface area contributed by atoms with Crippen molar-refractivity contribution in [2.24, 2.45) is 5.92 Å². The number of esters is 2. The van der Waals surface area contributed by atoms with E-state index in [1.54, 1.807) is 10.1 Å². The molecule has 1 saturated carbocycles. The molecular formula is C29H41N9O6S3. The molecule has 0 aromatic carbocycles. The molecule has 47 heavy (non-hydrogen) atoms. The van der Waals surface area contributed by atoms with Crippen LogP contribution in [0.4, 0.5) is 5.13 Å². The van der Waals surface area contributed by atoms with Gasteiger partial charge in [0.1, 0.15) is 17.1 Å². The van der Waals surface area contributed by atoms with E-state index in [0.29, 0.717) is 52.4 Å². The molecule has 2 fully saturated rings. The minimum atomic E-state index is -1.08. The van der Waals surface area contributed by atoms with Crippen molar-refractivity contribution in [2.45, 2.75) is 87.7 Å². The lowest BCUT2D eigenvalue weighted by Crippen LogP contribution is -2.70. The standard InChI is InChI=1S/C29H41N9O6S3/c1-4-8-21(43-26(41)17-9-6-5-7-10-17)44-27(42)23-18(15-47-29-33-34-35-37(29)12-11-36(2)3)14-45-25-22(24(40)38(23)25)32-20(39)13-19-16-46-28(30)31-19/h16-17,21-22,25H,4-15H2,1-3H3,(H2,30,31)(H,32,39)/t21?,22?,25-/m1/s1. The predicted octanol–water partition coefficient (Wildman–Crippen LogP) is 2.06. The number of aromatic nitrogens is 5. The monoisotopic (exact) mass is 707 g/mol. The fourth-order valence-corrected chi connectivity index (χ4v) is 8.53. The topological polar surface area (TPSA) is 188 Å². The molecule has 0 spiro atoms. The molecular weight excluding hydrogens is 667 g/mol. The second kappa shape index (κ2) is 16.3. The maximum Gasteiger partial charge on any atom is 0.358 e. The van der Waals surface area contributed by atoms with E-state index in [-0.39, 0.29) is 29.9 Å². The van der Waals surface area contributed by atoms with E-state index in [2.05, 4.69) is 25.8 Å². The number of nitrogens with zero attached hydrogens (tertiary/aromatic N) is 7. The highest BCUT2D eigenvalue weighted by molar-refractivity contribution is 8.01. The molecule has 2 aromatic rings. The molecule has 2 unspecified atom stereocenters. The van der Waals surface area contributed by atoms with Crippen LogP contribution >= 0.6 is 34.9 Å². The van der Waals surface area contributed by atoms with Crippen LogP contribution in [0.25, 0.3) is 0 Å². The fraction of sp³-hybridized carbons (Fsp3) is 0.655. The van der Waals surface area contributed by atoms with E-state index in [4.69, 9.17) is 15.2 Å². The lowest BCUT2D eigenvalue weighted by molar-refractivity contribution is -0.192. The van der Waals surface area contributed by atoms with Crippen LogP contribution in [0.1, 0.15) is 57.6 Å². The summed E-state index contributed by atoms with van der Waals surface area (Å²) in [6, 6.07) is -0.825. The summed E-state index contributed by atoms with van der Waals surface area (Å²) < 4.78 is 13.3. The molecule has 1 aliphatic carbocycles. The number of thiazole rings is 1. The van der Waals surface area contributed by atoms with Crippen LogP contribution in [-0.4, -0.2) is 109 Å². The Hall–Kier alpha value is -3.22. The molecule has 15 nitrogen and oxygen atoms in total. The van der Waals surface area contributed by atoms with Gasteiger partial charge in [-0.25, -0.2) is 14.5 Å². The molecule has 3 aliphatic rings. The second-order valence-electron chi connectivity index (χ2n) is 11.9. The third-order valence-electron chi connectivity index (χ3n) is 8.05. The summed E-state index contributed by atoms with van der Waals surface area (Å²) in [5.41, 5.74) is 6.97. The predicted molar refractivity (Wildman–Crippen MR) is 177 cm³/mol. The van der Waals surface area contributed by atoms with Crippen LogP contribution in [0.3, 0.4) is 0 Å². The number of carbonyl (C=O) groups is 4. The maximum atomic E-state index is 13.9. The number of hydrogen-bond donors (Lipinski definition) is 2. The SMILES string of the molecule is CCCC(OC(=O)C1=C(CSc2nnnn2CCN(C)C)CS[C@@H]2C(NC(=O)Cc3csc(N)n3)C(=O)N12)OC(=O)C1CCCCC1. The molecule has 1 saturated heterocycles. The van der Waals surface area contributed by atoms with Crippen molar-refractivity contribution in [1.29, 1.82) is 0 Å². The number of nitrogens with one attached hydrogen (secondary N) is 1. The van der Waals surface area contributed by atoms with Crippen LogP contribution in [0, 0.1) is 5.92 Å². The van der Waals surface area contributed by atoms with Gasteiger partial charge in [0.05, 0.1) is 24.6 Å². The number of rotatable bonds is 15. The van der Waals surface area contributed by atoms with Crippen LogP contribution in [0.2, 0.25) is 0 Å². The number of anilines is 1. The zero-order chi connectivity index (χ0) is 33.5. The summed E-state index contributed by atoms with van der Waals surface area (Å²) in [6.45, 7) is 3.23. The zero-order valence-corrected chi connectivity index (χ0v) is 29.2. The fourth-order valence-electron chi connectivity index (χ4n) is 5.58. The van der Waals surface area contributed by atoms with E-state index in [0.717, 1.165) is 38.6 Å². The molecule has 256 valence electrons. The molecule has 5 rings (SSSR count). The lowest BCUT2D eigenvalue weighted by atomic mass is 9.89. The highest BCUT2D eigenvalue weighted by atomic mass is 32.2. The minimum Gasteiger partial charge on any atom is -0.425 e. The molecule has 2 amide bonds. The first-order valence-electron chi connectivity index (χ1n) is 15.8. The normalized spacial score (nSPS) is 20.5. The van der Waals surface area contributed by atoms with Gasteiger partial charge in [0.25, 0.3) is 5.91 Å². The molecule has 3 atom stereocenters. The Balaban J connectivity index is 1.33. The van der Waals surface area contributed by atoms with Gasteiger partial charge in [0.2, 0.25) is 17.4 Å². The number of amides is 2. The highest BCUT2D eigenvalue weighted by Gasteiger charge is 2.54. The van der Waals surface area contributed by atoms with Gasteiger partial charge < -0.3 is 25.4 Å². The summed E-state index contributed by atoms with van der Waals surface area (Å²) in [5, 5.41) is 17.0. The third-order valence-corrected chi connectivity index (χ3v) is 11.2. The van der Waals surface area contributed by atoms with Crippen LogP contribution in [0.15, 0.2) is 21.8 Å². The van der Waals surface area contributed by atoms with Crippen molar-refractivity contribution in [3.63, 3.8) is 0 Å². The van der Waals surface area contributed by atoms with Gasteiger partial charge >= 0.3 is 11.9 Å². The smallest absolute Gasteiger partial charge is 0.358 e. The Kier molecular flexibility index (Phi) is 12.1. The number of likely N-dealkylation sites (N-methyl/N-ethyl adjacent to an activating group) is 1. The summed E-state index contributed by atoms with van der Waals surface area (Å²) in [6.07, 6.45) is 4.40. The first kappa shape index (κ1) is 35.1. The molecule has 3 N–H and O–H groups in total. The number of tetrazole rings is 1. The number of thioether (sulfide) groups is 2. The average Bonchev–Trinajstić information content (AvgIpc) is 3.69. The Morgan fingerprint density at radius 3 is 2.70 bits per heavy atom. The van der Waals surface area contributed by atoms with Crippen molar-refractivity contribution in [3.05, 3.63) is 22.3 Å². The molecule has 4 heterocycles. The molecule has 0 bridgehead atoms. The Morgan fingerprint density at radius 1 is 1.21 bits per heavy atom. The summed E-state index contributed by atoms with van der Waals surface area (Å²) in [4.78, 5) is 60.8. The number of ether oxygens (including phenoxy) is 2. The van der Waals surface area contributed by atoms with E-state index in [9.17, 15) is 19.2 Å². The third kappa shape index (κ3) is 8.83. The van der Waals surface area contributed by atoms with Crippen molar-refractivity contribution in [3.8, 4) is 0 Å².